The van der Waals surface area contributed by atoms with Gasteiger partial charge in [0.25, 0.3) is 0 Å². The summed E-state index contributed by atoms with van der Waals surface area (Å²) < 4.78 is 0. The van der Waals surface area contributed by atoms with Gasteiger partial charge in [-0.1, -0.05) is 27.7 Å². The highest BCUT2D eigenvalue weighted by Gasteiger charge is 2.31. The predicted octanol–water partition coefficient (Wildman–Crippen LogP) is 1.67. The number of rotatable bonds is 2. The van der Waals surface area contributed by atoms with Gasteiger partial charge in [0.2, 0.25) is 5.95 Å². The number of nitrogens with one attached hydrogen (secondary N) is 1. The quantitative estimate of drug-likeness (QED) is 0.838. The molecule has 3 N–H and O–H groups in total. The summed E-state index contributed by atoms with van der Waals surface area (Å²) in [6, 6.07) is 0. The van der Waals surface area contributed by atoms with Gasteiger partial charge in [0, 0.05) is 18.5 Å². The first-order chi connectivity index (χ1) is 8.34. The van der Waals surface area contributed by atoms with Gasteiger partial charge in [0.05, 0.1) is 0 Å². The van der Waals surface area contributed by atoms with Crippen molar-refractivity contribution in [3.63, 3.8) is 0 Å². The number of nitrogens with two attached hydrogens (primary N) is 1. The number of hydrogen-bond acceptors (Lipinski definition) is 4. The lowest BCUT2D eigenvalue weighted by atomic mass is 9.82. The Morgan fingerprint density at radius 1 is 1.44 bits per heavy atom. The first-order valence-corrected chi connectivity index (χ1v) is 6.72. The standard InChI is InChI=1S/C13H25N5/c1-12(2,3)10-15-11(17-16-10)18-7-5-6-13(4,8-14)9-18/h5-9,14H2,1-4H3,(H,15,16,17). The zero-order valence-electron chi connectivity index (χ0n) is 12.0. The van der Waals surface area contributed by atoms with Gasteiger partial charge in [-0.25, -0.2) is 0 Å². The molecule has 5 nitrogen and oxygen atoms in total. The van der Waals surface area contributed by atoms with Gasteiger partial charge in [0.1, 0.15) is 5.82 Å². The van der Waals surface area contributed by atoms with E-state index in [0.29, 0.717) is 0 Å². The molecule has 2 rings (SSSR count). The number of hydrogen-bond donors (Lipinski definition) is 2. The molecule has 1 unspecified atom stereocenters. The smallest absolute Gasteiger partial charge is 0.244 e. The topological polar surface area (TPSA) is 70.8 Å². The summed E-state index contributed by atoms with van der Waals surface area (Å²) in [7, 11) is 0. The Kier molecular flexibility index (Phi) is 3.36. The summed E-state index contributed by atoms with van der Waals surface area (Å²) in [6.07, 6.45) is 2.35. The van der Waals surface area contributed by atoms with E-state index in [2.05, 4.69) is 47.8 Å². The Labute approximate surface area is 109 Å². The van der Waals surface area contributed by atoms with Crippen LogP contribution < -0.4 is 10.6 Å². The van der Waals surface area contributed by atoms with Crippen LogP contribution in [0.4, 0.5) is 5.95 Å². The van der Waals surface area contributed by atoms with E-state index in [1.165, 1.54) is 6.42 Å². The second kappa shape index (κ2) is 4.53. The van der Waals surface area contributed by atoms with Crippen LogP contribution in [0.25, 0.3) is 0 Å². The minimum atomic E-state index is 0.0121. The Morgan fingerprint density at radius 3 is 2.72 bits per heavy atom. The van der Waals surface area contributed by atoms with E-state index in [9.17, 15) is 0 Å². The average Bonchev–Trinajstić information content (AvgIpc) is 2.78. The molecular weight excluding hydrogens is 226 g/mol. The number of aromatic amines is 1. The zero-order valence-corrected chi connectivity index (χ0v) is 12.0. The van der Waals surface area contributed by atoms with E-state index in [1.54, 1.807) is 0 Å². The van der Waals surface area contributed by atoms with Crippen LogP contribution in [0.5, 0.6) is 0 Å². The molecule has 5 heteroatoms. The molecule has 0 spiro atoms. The van der Waals surface area contributed by atoms with Crippen LogP contribution in [0.2, 0.25) is 0 Å². The number of aromatic nitrogens is 3. The monoisotopic (exact) mass is 251 g/mol. The van der Waals surface area contributed by atoms with Crippen molar-refractivity contribution >= 4 is 5.95 Å². The van der Waals surface area contributed by atoms with E-state index in [1.807, 2.05) is 0 Å². The highest BCUT2D eigenvalue weighted by atomic mass is 15.4. The van der Waals surface area contributed by atoms with Gasteiger partial charge < -0.3 is 10.6 Å². The van der Waals surface area contributed by atoms with Crippen LogP contribution in [0, 0.1) is 5.41 Å². The van der Waals surface area contributed by atoms with E-state index < -0.39 is 0 Å². The second-order valence-electron chi connectivity index (χ2n) is 6.77. The largest absolute Gasteiger partial charge is 0.339 e. The van der Waals surface area contributed by atoms with Gasteiger partial charge in [-0.15, -0.1) is 5.10 Å². The third-order valence-electron chi connectivity index (χ3n) is 3.74. The van der Waals surface area contributed by atoms with Crippen LogP contribution >= 0.6 is 0 Å². The fraction of sp³-hybridized carbons (Fsp3) is 0.846. The molecule has 1 aromatic rings. The first-order valence-electron chi connectivity index (χ1n) is 6.72. The maximum Gasteiger partial charge on any atom is 0.244 e. The number of piperidine rings is 1. The minimum Gasteiger partial charge on any atom is -0.339 e. The van der Waals surface area contributed by atoms with Gasteiger partial charge in [-0.3, -0.25) is 5.10 Å². The van der Waals surface area contributed by atoms with Crippen molar-refractivity contribution in [3.8, 4) is 0 Å². The van der Waals surface area contributed by atoms with Gasteiger partial charge in [-0.2, -0.15) is 4.98 Å². The highest BCUT2D eigenvalue weighted by Crippen LogP contribution is 2.30. The lowest BCUT2D eigenvalue weighted by Crippen LogP contribution is -2.46. The fourth-order valence-corrected chi connectivity index (χ4v) is 2.38. The third-order valence-corrected chi connectivity index (χ3v) is 3.74. The van der Waals surface area contributed by atoms with Crippen molar-refractivity contribution < 1.29 is 0 Å². The zero-order chi connectivity index (χ0) is 13.4. The summed E-state index contributed by atoms with van der Waals surface area (Å²) in [6.45, 7) is 11.4. The van der Waals surface area contributed by atoms with Crippen LogP contribution in [-0.2, 0) is 5.41 Å². The molecule has 0 bridgehead atoms. The van der Waals surface area contributed by atoms with Crippen molar-refractivity contribution in [2.45, 2.75) is 46.0 Å². The molecule has 1 atom stereocenters. The fourth-order valence-electron chi connectivity index (χ4n) is 2.38. The van der Waals surface area contributed by atoms with Crippen molar-refractivity contribution in [3.05, 3.63) is 5.82 Å². The molecule has 0 saturated carbocycles. The van der Waals surface area contributed by atoms with Crippen molar-refractivity contribution in [2.24, 2.45) is 11.1 Å². The van der Waals surface area contributed by atoms with E-state index >= 15 is 0 Å². The molecule has 1 aromatic heterocycles. The summed E-state index contributed by atoms with van der Waals surface area (Å²) in [5.41, 5.74) is 6.08. The first kappa shape index (κ1) is 13.3. The molecule has 2 heterocycles. The SMILES string of the molecule is CC1(CN)CCCN(c2n[nH]c(C(C)(C)C)n2)C1. The van der Waals surface area contributed by atoms with Gasteiger partial charge in [0.15, 0.2) is 0 Å². The van der Waals surface area contributed by atoms with Crippen LogP contribution in [0.3, 0.4) is 0 Å². The number of anilines is 1. The van der Waals surface area contributed by atoms with E-state index in [4.69, 9.17) is 5.73 Å². The highest BCUT2D eigenvalue weighted by molar-refractivity contribution is 5.31. The molecule has 0 amide bonds. The van der Waals surface area contributed by atoms with Crippen molar-refractivity contribution in [2.75, 3.05) is 24.5 Å². The molecule has 1 aliphatic heterocycles. The number of nitrogens with zero attached hydrogens (tertiary/aromatic N) is 3. The van der Waals surface area contributed by atoms with Crippen molar-refractivity contribution in [1.82, 2.24) is 15.2 Å². The van der Waals surface area contributed by atoms with Gasteiger partial charge in [-0.05, 0) is 24.8 Å². The lowest BCUT2D eigenvalue weighted by molar-refractivity contribution is 0.270. The summed E-state index contributed by atoms with van der Waals surface area (Å²) in [5.74, 6) is 1.76. The van der Waals surface area contributed by atoms with Crippen LogP contribution in [-0.4, -0.2) is 34.8 Å². The Morgan fingerprint density at radius 2 is 2.17 bits per heavy atom. The van der Waals surface area contributed by atoms with E-state index in [0.717, 1.165) is 37.8 Å². The third kappa shape index (κ3) is 2.66. The molecule has 0 aromatic carbocycles. The maximum atomic E-state index is 5.88. The molecule has 102 valence electrons. The van der Waals surface area contributed by atoms with Crippen molar-refractivity contribution in [1.29, 1.82) is 0 Å². The van der Waals surface area contributed by atoms with E-state index in [-0.39, 0.29) is 10.8 Å². The molecule has 1 saturated heterocycles. The minimum absolute atomic E-state index is 0.0121. The molecule has 0 aliphatic carbocycles. The molecule has 18 heavy (non-hydrogen) atoms. The lowest BCUT2D eigenvalue weighted by Gasteiger charge is -2.39. The average molecular weight is 251 g/mol. The Balaban J connectivity index is 2.14. The molecular formula is C13H25N5. The Bertz CT molecular complexity index is 406. The van der Waals surface area contributed by atoms with Crippen LogP contribution in [0.1, 0.15) is 46.4 Å². The number of H-pyrrole nitrogens is 1. The van der Waals surface area contributed by atoms with Gasteiger partial charge >= 0.3 is 0 Å². The Hall–Kier alpha value is -1.10. The maximum absolute atomic E-state index is 5.88. The molecule has 0 radical (unpaired) electrons. The summed E-state index contributed by atoms with van der Waals surface area (Å²) in [4.78, 5) is 6.88. The molecule has 1 aliphatic rings. The summed E-state index contributed by atoms with van der Waals surface area (Å²) in [5, 5.41) is 7.41. The second-order valence-corrected chi connectivity index (χ2v) is 6.77. The normalized spacial score (nSPS) is 25.5. The van der Waals surface area contributed by atoms with Crippen LogP contribution in [0.15, 0.2) is 0 Å². The summed E-state index contributed by atoms with van der Waals surface area (Å²) >= 11 is 0. The predicted molar refractivity (Wildman–Crippen MR) is 73.7 cm³/mol. The molecule has 1 fully saturated rings.